The van der Waals surface area contributed by atoms with Gasteiger partial charge in [0.05, 0.1) is 42.9 Å². The van der Waals surface area contributed by atoms with Crippen molar-refractivity contribution in [2.75, 3.05) is 26.4 Å². The van der Waals surface area contributed by atoms with Gasteiger partial charge >= 0.3 is 5.97 Å². The van der Waals surface area contributed by atoms with Gasteiger partial charge in [0.1, 0.15) is 5.65 Å². The molecule has 6 heterocycles. The van der Waals surface area contributed by atoms with Crippen molar-refractivity contribution in [3.05, 3.63) is 88.0 Å². The van der Waals surface area contributed by atoms with Gasteiger partial charge in [0, 0.05) is 65.2 Å². The number of carboxylic acids is 1. The number of carbonyl (C=O) groups is 1. The largest absolute Gasteiger partial charge is 0.490 e. The van der Waals surface area contributed by atoms with Crippen molar-refractivity contribution in [3.63, 3.8) is 0 Å². The molecule has 10 heteroatoms. The number of benzene rings is 2. The van der Waals surface area contributed by atoms with E-state index in [4.69, 9.17) is 24.2 Å². The summed E-state index contributed by atoms with van der Waals surface area (Å²) in [6, 6.07) is 14.7. The number of ether oxygens (including phenoxy) is 3. The molecule has 2 aromatic carbocycles. The molecule has 0 saturated carbocycles. The zero-order valence-corrected chi connectivity index (χ0v) is 30.7. The fourth-order valence-electron chi connectivity index (χ4n) is 8.08. The first-order chi connectivity index (χ1) is 24.9. The van der Waals surface area contributed by atoms with Gasteiger partial charge < -0.3 is 23.9 Å². The van der Waals surface area contributed by atoms with Gasteiger partial charge in [-0.3, -0.25) is 9.88 Å². The first-order valence-electron chi connectivity index (χ1n) is 18.1. The smallest absolute Gasteiger partial charge is 0.337 e. The topological polar surface area (TPSA) is 98.9 Å². The predicted octanol–water partition coefficient (Wildman–Crippen LogP) is 7.75. The van der Waals surface area contributed by atoms with Crippen LogP contribution in [0.25, 0.3) is 44.7 Å². The Kier molecular flexibility index (Phi) is 8.67. The van der Waals surface area contributed by atoms with Crippen molar-refractivity contribution in [2.24, 2.45) is 7.05 Å². The summed E-state index contributed by atoms with van der Waals surface area (Å²) in [6.45, 7) is 13.3. The molecule has 5 aromatic rings. The molecule has 0 spiro atoms. The number of rotatable bonds is 7. The molecule has 0 amide bonds. The van der Waals surface area contributed by atoms with E-state index in [1.807, 2.05) is 57.6 Å². The average molecular weight is 705 g/mol. The summed E-state index contributed by atoms with van der Waals surface area (Å²) >= 11 is 0. The summed E-state index contributed by atoms with van der Waals surface area (Å²) in [4.78, 5) is 25.3. The average Bonchev–Trinajstić information content (AvgIpc) is 3.42. The molecule has 1 unspecified atom stereocenters. The molecule has 8 rings (SSSR count). The van der Waals surface area contributed by atoms with Gasteiger partial charge in [-0.05, 0) is 106 Å². The van der Waals surface area contributed by atoms with E-state index in [0.29, 0.717) is 52.5 Å². The number of aromatic nitrogens is 3. The third kappa shape index (κ3) is 6.06. The van der Waals surface area contributed by atoms with Gasteiger partial charge in [-0.1, -0.05) is 12.1 Å². The van der Waals surface area contributed by atoms with Crippen LogP contribution in [0.4, 0.5) is 4.39 Å². The van der Waals surface area contributed by atoms with E-state index in [1.165, 1.54) is 17.2 Å². The number of carboxylic acid groups (broad SMARTS) is 1. The fourth-order valence-corrected chi connectivity index (χ4v) is 8.08. The molecule has 0 aliphatic carbocycles. The van der Waals surface area contributed by atoms with Crippen LogP contribution in [0.5, 0.6) is 5.75 Å². The molecule has 3 aromatic heterocycles. The fraction of sp³-hybridized carbons (Fsp3) is 0.405. The van der Waals surface area contributed by atoms with Gasteiger partial charge in [-0.15, -0.1) is 0 Å². The number of nitrogens with zero attached hydrogens (tertiary/aromatic N) is 4. The van der Waals surface area contributed by atoms with Crippen LogP contribution in [-0.2, 0) is 40.7 Å². The third-order valence-electron chi connectivity index (χ3n) is 10.8. The Morgan fingerprint density at radius 3 is 2.60 bits per heavy atom. The van der Waals surface area contributed by atoms with E-state index >= 15 is 4.39 Å². The van der Waals surface area contributed by atoms with E-state index < -0.39 is 23.5 Å². The molecule has 3 aliphatic rings. The summed E-state index contributed by atoms with van der Waals surface area (Å²) in [7, 11) is 1.96. The Bertz CT molecular complexity index is 2230. The maximum atomic E-state index is 15.9. The van der Waals surface area contributed by atoms with Gasteiger partial charge in [0.15, 0.2) is 17.7 Å². The molecule has 270 valence electrons. The summed E-state index contributed by atoms with van der Waals surface area (Å²) in [6.07, 6.45) is 2.96. The van der Waals surface area contributed by atoms with Gasteiger partial charge in [-0.25, -0.2) is 14.2 Å². The van der Waals surface area contributed by atoms with Crippen molar-refractivity contribution in [1.29, 1.82) is 0 Å². The molecular formula is C42H45FN4O5. The van der Waals surface area contributed by atoms with E-state index in [0.717, 1.165) is 72.8 Å². The first kappa shape index (κ1) is 34.4. The van der Waals surface area contributed by atoms with Crippen LogP contribution >= 0.6 is 0 Å². The van der Waals surface area contributed by atoms with Gasteiger partial charge in [-0.2, -0.15) is 0 Å². The lowest BCUT2D eigenvalue weighted by Crippen LogP contribution is -2.50. The second kappa shape index (κ2) is 13.1. The standard InChI is InChI=1S/C42H45FN4O5/c1-23-30-8-7-15-51-38(30)33(43)18-31(23)37-32-19-35(46(6)40(32)45-24(2)36(37)39(41(48)49)52-42(3,4)5)27-11-13-44-34(17-27)26-10-9-25-12-14-47(20-28(25)16-26)29-21-50-22-29/h9-11,13,16-19,29,39H,7-8,12,14-15,20-22H2,1-6H3,(H,48,49). The highest BCUT2D eigenvalue weighted by molar-refractivity contribution is 6.01. The van der Waals surface area contributed by atoms with Crippen LogP contribution in [0.2, 0.25) is 0 Å². The van der Waals surface area contributed by atoms with Gasteiger partial charge in [0.25, 0.3) is 0 Å². The summed E-state index contributed by atoms with van der Waals surface area (Å²) in [5, 5.41) is 11.3. The lowest BCUT2D eigenvalue weighted by atomic mass is 9.86. The molecule has 0 radical (unpaired) electrons. The number of pyridine rings is 2. The summed E-state index contributed by atoms with van der Waals surface area (Å²) < 4.78 is 35.4. The normalized spacial score (nSPS) is 17.0. The van der Waals surface area contributed by atoms with Crippen molar-refractivity contribution in [3.8, 4) is 39.4 Å². The van der Waals surface area contributed by atoms with Crippen LogP contribution in [0.3, 0.4) is 0 Å². The Morgan fingerprint density at radius 1 is 1.06 bits per heavy atom. The molecule has 0 bridgehead atoms. The number of aliphatic carboxylic acids is 1. The maximum Gasteiger partial charge on any atom is 0.337 e. The summed E-state index contributed by atoms with van der Waals surface area (Å²) in [5.74, 6) is -1.32. The second-order valence-corrected chi connectivity index (χ2v) is 15.4. The Hall–Kier alpha value is -4.64. The highest BCUT2D eigenvalue weighted by Crippen LogP contribution is 2.46. The van der Waals surface area contributed by atoms with Crippen LogP contribution in [0, 0.1) is 19.7 Å². The van der Waals surface area contributed by atoms with Crippen molar-refractivity contribution < 1.29 is 28.5 Å². The Balaban J connectivity index is 1.29. The quantitative estimate of drug-likeness (QED) is 0.184. The molecule has 1 saturated heterocycles. The molecule has 9 nitrogen and oxygen atoms in total. The molecule has 3 aliphatic heterocycles. The zero-order chi connectivity index (χ0) is 36.5. The zero-order valence-electron chi connectivity index (χ0n) is 30.7. The van der Waals surface area contributed by atoms with Gasteiger partial charge in [0.2, 0.25) is 0 Å². The predicted molar refractivity (Wildman–Crippen MR) is 198 cm³/mol. The van der Waals surface area contributed by atoms with Crippen LogP contribution < -0.4 is 4.74 Å². The SMILES string of the molecule is Cc1nc2c(cc(-c3ccnc(-c4ccc5c(c4)CN(C4COC4)CC5)c3)n2C)c(-c2cc(F)c3c(c2C)CCCO3)c1C(OC(C)(C)C)C(=O)O. The lowest BCUT2D eigenvalue weighted by Gasteiger charge is -2.40. The van der Waals surface area contributed by atoms with Crippen LogP contribution in [-0.4, -0.2) is 68.5 Å². The van der Waals surface area contributed by atoms with E-state index in [9.17, 15) is 9.90 Å². The minimum absolute atomic E-state index is 0.279. The Labute approximate surface area is 303 Å². The number of hydrogen-bond donors (Lipinski definition) is 1. The van der Waals surface area contributed by atoms with Crippen LogP contribution in [0.15, 0.2) is 48.7 Å². The number of hydrogen-bond acceptors (Lipinski definition) is 7. The van der Waals surface area contributed by atoms with Crippen molar-refractivity contribution in [1.82, 2.24) is 19.4 Å². The van der Waals surface area contributed by atoms with Crippen LogP contribution in [0.1, 0.15) is 66.8 Å². The molecule has 1 fully saturated rings. The molecular weight excluding hydrogens is 659 g/mol. The molecule has 1 N–H and O–H groups in total. The lowest BCUT2D eigenvalue weighted by molar-refractivity contribution is -0.160. The summed E-state index contributed by atoms with van der Waals surface area (Å²) in [5.41, 5.74) is 10.1. The number of fused-ring (bicyclic) bond motifs is 3. The molecule has 52 heavy (non-hydrogen) atoms. The third-order valence-corrected chi connectivity index (χ3v) is 10.8. The Morgan fingerprint density at radius 2 is 1.87 bits per heavy atom. The molecule has 1 atom stereocenters. The maximum absolute atomic E-state index is 15.9. The second-order valence-electron chi connectivity index (χ2n) is 15.4. The highest BCUT2D eigenvalue weighted by atomic mass is 19.1. The number of halogens is 1. The number of aryl methyl sites for hydroxylation is 2. The van der Waals surface area contributed by atoms with Crippen molar-refractivity contribution >= 4 is 17.0 Å². The van der Waals surface area contributed by atoms with Crippen molar-refractivity contribution in [2.45, 2.75) is 78.2 Å². The minimum atomic E-state index is -1.34. The highest BCUT2D eigenvalue weighted by Gasteiger charge is 2.35. The minimum Gasteiger partial charge on any atom is -0.490 e. The monoisotopic (exact) mass is 704 g/mol. The first-order valence-corrected chi connectivity index (χ1v) is 18.1. The van der Waals surface area contributed by atoms with E-state index in [-0.39, 0.29) is 5.75 Å². The van der Waals surface area contributed by atoms with E-state index in [2.05, 4.69) is 29.2 Å². The van der Waals surface area contributed by atoms with E-state index in [1.54, 1.807) is 6.92 Å².